The lowest BCUT2D eigenvalue weighted by molar-refractivity contribution is 0.0285. The van der Waals surface area contributed by atoms with Crippen molar-refractivity contribution in [2.45, 2.75) is 13.8 Å². The normalized spacial score (nSPS) is 14.5. The molecule has 0 saturated carbocycles. The van der Waals surface area contributed by atoms with E-state index in [4.69, 9.17) is 13.6 Å². The van der Waals surface area contributed by atoms with Crippen molar-refractivity contribution in [3.05, 3.63) is 47.4 Å². The minimum absolute atomic E-state index is 0.0975. The molecule has 2 aromatic heterocycles. The number of aromatic nitrogens is 1. The molecule has 8 nitrogen and oxygen atoms in total. The Morgan fingerprint density at radius 2 is 1.81 bits per heavy atom. The van der Waals surface area contributed by atoms with Gasteiger partial charge in [0.1, 0.15) is 11.3 Å². The number of hydrogen-bond acceptors (Lipinski definition) is 6. The number of carbonyl (C=O) groups is 2. The number of para-hydroxylation sites is 1. The topological polar surface area (TPSA) is 97.8 Å². The highest BCUT2D eigenvalue weighted by molar-refractivity contribution is 6.13. The first-order valence-corrected chi connectivity index (χ1v) is 8.68. The molecule has 27 heavy (non-hydrogen) atoms. The molecule has 0 radical (unpaired) electrons. The number of nitrogens with zero attached hydrogens (tertiary/aromatic N) is 2. The van der Waals surface area contributed by atoms with E-state index in [9.17, 15) is 9.59 Å². The Balaban J connectivity index is 1.73. The van der Waals surface area contributed by atoms with Gasteiger partial charge in [-0.05, 0) is 19.1 Å². The van der Waals surface area contributed by atoms with Crippen molar-refractivity contribution >= 4 is 28.5 Å². The third-order valence-electron chi connectivity index (χ3n) is 4.44. The fourth-order valence-electron chi connectivity index (χ4n) is 3.14. The van der Waals surface area contributed by atoms with Gasteiger partial charge in [0.05, 0.1) is 18.9 Å². The van der Waals surface area contributed by atoms with Gasteiger partial charge in [-0.15, -0.1) is 0 Å². The Morgan fingerprint density at radius 1 is 1.07 bits per heavy atom. The van der Waals surface area contributed by atoms with E-state index in [1.54, 1.807) is 30.9 Å². The number of benzene rings is 1. The average Bonchev–Trinajstić information content (AvgIpc) is 3.21. The van der Waals surface area contributed by atoms with Gasteiger partial charge in [0, 0.05) is 25.4 Å². The Bertz CT molecular complexity index is 1010. The van der Waals surface area contributed by atoms with Crippen molar-refractivity contribution in [3.8, 4) is 0 Å². The van der Waals surface area contributed by atoms with E-state index in [0.29, 0.717) is 54.5 Å². The molecule has 0 unspecified atom stereocenters. The molecule has 0 atom stereocenters. The van der Waals surface area contributed by atoms with Crippen LogP contribution in [0.3, 0.4) is 0 Å². The first-order chi connectivity index (χ1) is 13.0. The molecular weight excluding hydrogens is 350 g/mol. The van der Waals surface area contributed by atoms with Crippen LogP contribution in [0.25, 0.3) is 11.0 Å². The molecule has 0 bridgehead atoms. The zero-order chi connectivity index (χ0) is 19.0. The monoisotopic (exact) mass is 369 g/mol. The SMILES string of the molecule is Cc1nc(C)c(C(=O)Nc2c(C(=O)N3CCOCC3)oc3ccccc23)o1. The van der Waals surface area contributed by atoms with Gasteiger partial charge in [-0.1, -0.05) is 12.1 Å². The lowest BCUT2D eigenvalue weighted by Crippen LogP contribution is -2.40. The number of fused-ring (bicyclic) bond motifs is 1. The maximum absolute atomic E-state index is 13.0. The molecule has 4 rings (SSSR count). The van der Waals surface area contributed by atoms with E-state index < -0.39 is 5.91 Å². The van der Waals surface area contributed by atoms with Crippen molar-refractivity contribution < 1.29 is 23.2 Å². The molecular formula is C19H19N3O5. The smallest absolute Gasteiger partial charge is 0.293 e. The second-order valence-corrected chi connectivity index (χ2v) is 6.31. The summed E-state index contributed by atoms with van der Waals surface area (Å²) in [5.41, 5.74) is 1.34. The van der Waals surface area contributed by atoms with Gasteiger partial charge in [-0.2, -0.15) is 0 Å². The molecule has 1 saturated heterocycles. The number of ether oxygens (including phenoxy) is 1. The molecule has 1 fully saturated rings. The summed E-state index contributed by atoms with van der Waals surface area (Å²) in [4.78, 5) is 31.4. The Kier molecular flexibility index (Phi) is 4.41. The lowest BCUT2D eigenvalue weighted by Gasteiger charge is -2.26. The summed E-state index contributed by atoms with van der Waals surface area (Å²) in [6.07, 6.45) is 0. The molecule has 1 aliphatic heterocycles. The van der Waals surface area contributed by atoms with Gasteiger partial charge in [-0.3, -0.25) is 9.59 Å². The molecule has 8 heteroatoms. The average molecular weight is 369 g/mol. The first-order valence-electron chi connectivity index (χ1n) is 8.68. The minimum atomic E-state index is -0.476. The highest BCUT2D eigenvalue weighted by Crippen LogP contribution is 2.32. The Hall–Kier alpha value is -3.13. The fraction of sp³-hybridized carbons (Fsp3) is 0.316. The number of aryl methyl sites for hydroxylation is 2. The number of hydrogen-bond donors (Lipinski definition) is 1. The molecule has 1 aromatic carbocycles. The van der Waals surface area contributed by atoms with Crippen molar-refractivity contribution in [2.24, 2.45) is 0 Å². The quantitative estimate of drug-likeness (QED) is 0.762. The van der Waals surface area contributed by atoms with E-state index in [1.165, 1.54) is 0 Å². The molecule has 140 valence electrons. The fourth-order valence-corrected chi connectivity index (χ4v) is 3.14. The Morgan fingerprint density at radius 3 is 2.52 bits per heavy atom. The van der Waals surface area contributed by atoms with Gasteiger partial charge >= 0.3 is 0 Å². The first kappa shape index (κ1) is 17.3. The van der Waals surface area contributed by atoms with Crippen LogP contribution in [0.4, 0.5) is 5.69 Å². The predicted octanol–water partition coefficient (Wildman–Crippen LogP) is 2.76. The lowest BCUT2D eigenvalue weighted by atomic mass is 10.2. The second-order valence-electron chi connectivity index (χ2n) is 6.31. The summed E-state index contributed by atoms with van der Waals surface area (Å²) in [6.45, 7) is 5.27. The van der Waals surface area contributed by atoms with Crippen LogP contribution in [0.15, 0.2) is 33.1 Å². The van der Waals surface area contributed by atoms with Gasteiger partial charge in [-0.25, -0.2) is 4.98 Å². The third-order valence-corrected chi connectivity index (χ3v) is 4.44. The molecule has 3 heterocycles. The number of amides is 2. The molecule has 3 aromatic rings. The van der Waals surface area contributed by atoms with E-state index in [2.05, 4.69) is 10.3 Å². The summed E-state index contributed by atoms with van der Waals surface area (Å²) >= 11 is 0. The number of morpholine rings is 1. The van der Waals surface area contributed by atoms with Crippen LogP contribution >= 0.6 is 0 Å². The van der Waals surface area contributed by atoms with E-state index in [-0.39, 0.29) is 17.4 Å². The van der Waals surface area contributed by atoms with Crippen LogP contribution in [0.2, 0.25) is 0 Å². The second kappa shape index (κ2) is 6.88. The molecule has 0 spiro atoms. The summed E-state index contributed by atoms with van der Waals surface area (Å²) in [7, 11) is 0. The van der Waals surface area contributed by atoms with Crippen LogP contribution < -0.4 is 5.32 Å². The predicted molar refractivity (Wildman–Crippen MR) is 96.9 cm³/mol. The molecule has 2 amide bonds. The maximum atomic E-state index is 13.0. The summed E-state index contributed by atoms with van der Waals surface area (Å²) in [5, 5.41) is 3.43. The van der Waals surface area contributed by atoms with Gasteiger partial charge in [0.15, 0.2) is 5.89 Å². The van der Waals surface area contributed by atoms with Crippen molar-refractivity contribution in [2.75, 3.05) is 31.6 Å². The number of carbonyl (C=O) groups excluding carboxylic acids is 2. The number of nitrogens with one attached hydrogen (secondary N) is 1. The van der Waals surface area contributed by atoms with E-state index >= 15 is 0 Å². The van der Waals surface area contributed by atoms with E-state index in [1.807, 2.05) is 12.1 Å². The molecule has 1 N–H and O–H groups in total. The highest BCUT2D eigenvalue weighted by atomic mass is 16.5. The molecule has 0 aliphatic carbocycles. The summed E-state index contributed by atoms with van der Waals surface area (Å²) in [5.74, 6) is -0.145. The van der Waals surface area contributed by atoms with Crippen LogP contribution in [0.5, 0.6) is 0 Å². The van der Waals surface area contributed by atoms with Crippen LogP contribution in [-0.2, 0) is 4.74 Å². The summed E-state index contributed by atoms with van der Waals surface area (Å²) in [6, 6.07) is 7.18. The number of anilines is 1. The zero-order valence-electron chi connectivity index (χ0n) is 15.1. The van der Waals surface area contributed by atoms with E-state index in [0.717, 1.165) is 0 Å². The third kappa shape index (κ3) is 3.19. The largest absolute Gasteiger partial charge is 0.449 e. The zero-order valence-corrected chi connectivity index (χ0v) is 15.1. The van der Waals surface area contributed by atoms with Crippen LogP contribution in [-0.4, -0.2) is 48.0 Å². The number of rotatable bonds is 3. The number of oxazole rings is 1. The van der Waals surface area contributed by atoms with Crippen molar-refractivity contribution in [1.82, 2.24) is 9.88 Å². The number of furan rings is 1. The van der Waals surface area contributed by atoms with Crippen LogP contribution in [0, 0.1) is 13.8 Å². The highest BCUT2D eigenvalue weighted by Gasteiger charge is 2.28. The van der Waals surface area contributed by atoms with Gasteiger partial charge in [0.25, 0.3) is 11.8 Å². The summed E-state index contributed by atoms with van der Waals surface area (Å²) < 4.78 is 16.5. The van der Waals surface area contributed by atoms with Gasteiger partial charge < -0.3 is 23.8 Å². The van der Waals surface area contributed by atoms with Gasteiger partial charge in [0.2, 0.25) is 11.5 Å². The Labute approximate surface area is 155 Å². The van der Waals surface area contributed by atoms with Crippen molar-refractivity contribution in [3.63, 3.8) is 0 Å². The molecule has 1 aliphatic rings. The van der Waals surface area contributed by atoms with Crippen molar-refractivity contribution in [1.29, 1.82) is 0 Å². The standard InChI is InChI=1S/C19H19N3O5/c1-11-16(26-12(2)20-11)18(23)21-15-13-5-3-4-6-14(13)27-17(15)19(24)22-7-9-25-10-8-22/h3-6H,7-10H2,1-2H3,(H,21,23). The maximum Gasteiger partial charge on any atom is 0.293 e. The minimum Gasteiger partial charge on any atom is -0.449 e. The van der Waals surface area contributed by atoms with Crippen LogP contribution in [0.1, 0.15) is 32.7 Å².